The average Bonchev–Trinajstić information content (AvgIpc) is 2.53. The maximum absolute atomic E-state index is 13.1. The molecule has 5 nitrogen and oxygen atoms in total. The molecule has 0 amide bonds. The SMILES string of the molecule is CC(C)(CCO)CNc1cc(C(F)(F)F)nc(-c2cccnc2)n1. The molecule has 0 atom stereocenters. The summed E-state index contributed by atoms with van der Waals surface area (Å²) >= 11 is 0. The Labute approximate surface area is 138 Å². The van der Waals surface area contributed by atoms with Crippen LogP contribution in [-0.2, 0) is 6.18 Å². The van der Waals surface area contributed by atoms with Gasteiger partial charge in [-0.1, -0.05) is 13.8 Å². The lowest BCUT2D eigenvalue weighted by atomic mass is 9.90. The van der Waals surface area contributed by atoms with Crippen molar-refractivity contribution in [1.82, 2.24) is 15.0 Å². The summed E-state index contributed by atoms with van der Waals surface area (Å²) in [6.45, 7) is 4.19. The number of nitrogens with zero attached hydrogens (tertiary/aromatic N) is 3. The van der Waals surface area contributed by atoms with Gasteiger partial charge in [0.05, 0.1) is 0 Å². The molecule has 0 unspecified atom stereocenters. The molecule has 2 aromatic rings. The molecule has 0 spiro atoms. The minimum Gasteiger partial charge on any atom is -0.396 e. The molecule has 0 saturated heterocycles. The third kappa shape index (κ3) is 4.89. The molecule has 0 fully saturated rings. The number of hydrogen-bond acceptors (Lipinski definition) is 5. The number of aliphatic hydroxyl groups is 1. The van der Waals surface area contributed by atoms with Crippen LogP contribution in [0.2, 0.25) is 0 Å². The summed E-state index contributed by atoms with van der Waals surface area (Å²) in [7, 11) is 0. The van der Waals surface area contributed by atoms with E-state index in [1.54, 1.807) is 12.1 Å². The van der Waals surface area contributed by atoms with Gasteiger partial charge in [-0.05, 0) is 24.0 Å². The standard InChI is InChI=1S/C16H19F3N4O/c1-15(2,5-7-24)10-21-13-8-12(16(17,18)19)22-14(23-13)11-4-3-6-20-9-11/h3-4,6,8-9,24H,5,7,10H2,1-2H3,(H,21,22,23). The van der Waals surface area contributed by atoms with Crippen LogP contribution < -0.4 is 5.32 Å². The van der Waals surface area contributed by atoms with Crippen molar-refractivity contribution in [3.05, 3.63) is 36.3 Å². The summed E-state index contributed by atoms with van der Waals surface area (Å²) < 4.78 is 39.3. The van der Waals surface area contributed by atoms with Crippen LogP contribution in [0.1, 0.15) is 26.0 Å². The smallest absolute Gasteiger partial charge is 0.396 e. The third-order valence-electron chi connectivity index (χ3n) is 3.47. The van der Waals surface area contributed by atoms with Crippen molar-refractivity contribution in [2.45, 2.75) is 26.4 Å². The van der Waals surface area contributed by atoms with E-state index in [0.29, 0.717) is 18.5 Å². The Balaban J connectivity index is 2.34. The molecule has 0 radical (unpaired) electrons. The summed E-state index contributed by atoms with van der Waals surface area (Å²) in [5, 5.41) is 11.9. The lowest BCUT2D eigenvalue weighted by Gasteiger charge is -2.24. The second kappa shape index (κ2) is 7.12. The van der Waals surface area contributed by atoms with E-state index in [0.717, 1.165) is 6.07 Å². The zero-order valence-corrected chi connectivity index (χ0v) is 13.4. The van der Waals surface area contributed by atoms with E-state index in [9.17, 15) is 13.2 Å². The highest BCUT2D eigenvalue weighted by atomic mass is 19.4. The Morgan fingerprint density at radius 1 is 1.21 bits per heavy atom. The Hall–Kier alpha value is -2.22. The van der Waals surface area contributed by atoms with Crippen LogP contribution in [-0.4, -0.2) is 33.2 Å². The van der Waals surface area contributed by atoms with Crippen molar-refractivity contribution in [2.75, 3.05) is 18.5 Å². The molecule has 0 aromatic carbocycles. The molecule has 0 aliphatic heterocycles. The van der Waals surface area contributed by atoms with Crippen LogP contribution in [0.3, 0.4) is 0 Å². The number of aliphatic hydroxyl groups excluding tert-OH is 1. The Kier molecular flexibility index (Phi) is 5.38. The molecule has 24 heavy (non-hydrogen) atoms. The first kappa shape index (κ1) is 18.1. The van der Waals surface area contributed by atoms with Crippen LogP contribution in [0.25, 0.3) is 11.4 Å². The van der Waals surface area contributed by atoms with Gasteiger partial charge in [-0.15, -0.1) is 0 Å². The topological polar surface area (TPSA) is 70.9 Å². The monoisotopic (exact) mass is 340 g/mol. The van der Waals surface area contributed by atoms with Crippen LogP contribution in [0, 0.1) is 5.41 Å². The minimum atomic E-state index is -4.57. The largest absolute Gasteiger partial charge is 0.433 e. The number of alkyl halides is 3. The molecule has 2 heterocycles. The van der Waals surface area contributed by atoms with E-state index in [4.69, 9.17) is 5.11 Å². The van der Waals surface area contributed by atoms with Gasteiger partial charge in [-0.25, -0.2) is 9.97 Å². The Bertz CT molecular complexity index is 675. The predicted molar refractivity (Wildman–Crippen MR) is 84.2 cm³/mol. The fourth-order valence-corrected chi connectivity index (χ4v) is 2.03. The fraction of sp³-hybridized carbons (Fsp3) is 0.438. The molecule has 0 aliphatic carbocycles. The molecule has 2 N–H and O–H groups in total. The van der Waals surface area contributed by atoms with Gasteiger partial charge in [-0.3, -0.25) is 4.98 Å². The number of anilines is 1. The molecule has 130 valence electrons. The Morgan fingerprint density at radius 3 is 2.54 bits per heavy atom. The highest BCUT2D eigenvalue weighted by Crippen LogP contribution is 2.31. The maximum atomic E-state index is 13.1. The van der Waals surface area contributed by atoms with Gasteiger partial charge in [0.1, 0.15) is 5.82 Å². The predicted octanol–water partition coefficient (Wildman–Crippen LogP) is 3.38. The van der Waals surface area contributed by atoms with E-state index < -0.39 is 11.9 Å². The highest BCUT2D eigenvalue weighted by Gasteiger charge is 2.34. The molecular formula is C16H19F3N4O. The van der Waals surface area contributed by atoms with Gasteiger partial charge >= 0.3 is 6.18 Å². The molecule has 0 saturated carbocycles. The molecule has 8 heteroatoms. The lowest BCUT2D eigenvalue weighted by Crippen LogP contribution is -2.25. The molecular weight excluding hydrogens is 321 g/mol. The van der Waals surface area contributed by atoms with Crippen molar-refractivity contribution in [2.24, 2.45) is 5.41 Å². The first-order valence-electron chi connectivity index (χ1n) is 7.43. The highest BCUT2D eigenvalue weighted by molar-refractivity contribution is 5.56. The van der Waals surface area contributed by atoms with E-state index in [1.165, 1.54) is 12.4 Å². The average molecular weight is 340 g/mol. The first-order chi connectivity index (χ1) is 11.2. The molecule has 0 aliphatic rings. The van der Waals surface area contributed by atoms with Crippen LogP contribution in [0.4, 0.5) is 19.0 Å². The van der Waals surface area contributed by atoms with Crippen molar-refractivity contribution < 1.29 is 18.3 Å². The van der Waals surface area contributed by atoms with Crippen LogP contribution in [0.5, 0.6) is 0 Å². The minimum absolute atomic E-state index is 0.00713. The summed E-state index contributed by atoms with van der Waals surface area (Å²) in [6, 6.07) is 4.09. The summed E-state index contributed by atoms with van der Waals surface area (Å²) in [5.41, 5.74) is -0.896. The maximum Gasteiger partial charge on any atom is 0.433 e. The normalized spacial score (nSPS) is 12.2. The number of rotatable bonds is 6. The zero-order valence-electron chi connectivity index (χ0n) is 13.4. The second-order valence-electron chi connectivity index (χ2n) is 6.19. The number of hydrogen-bond donors (Lipinski definition) is 2. The van der Waals surface area contributed by atoms with E-state index in [-0.39, 0.29) is 23.7 Å². The van der Waals surface area contributed by atoms with E-state index >= 15 is 0 Å². The van der Waals surface area contributed by atoms with Gasteiger partial charge in [0.25, 0.3) is 0 Å². The third-order valence-corrected chi connectivity index (χ3v) is 3.47. The molecule has 0 bridgehead atoms. The zero-order chi connectivity index (χ0) is 17.8. The summed E-state index contributed by atoms with van der Waals surface area (Å²) in [4.78, 5) is 11.6. The van der Waals surface area contributed by atoms with Crippen molar-refractivity contribution in [3.63, 3.8) is 0 Å². The lowest BCUT2D eigenvalue weighted by molar-refractivity contribution is -0.141. The summed E-state index contributed by atoms with van der Waals surface area (Å²) in [6.07, 6.45) is -1.12. The number of aromatic nitrogens is 3. The fourth-order valence-electron chi connectivity index (χ4n) is 2.03. The van der Waals surface area contributed by atoms with Crippen LogP contribution in [0.15, 0.2) is 30.6 Å². The van der Waals surface area contributed by atoms with Gasteiger partial charge in [0, 0.05) is 37.2 Å². The van der Waals surface area contributed by atoms with Crippen molar-refractivity contribution in [3.8, 4) is 11.4 Å². The summed E-state index contributed by atoms with van der Waals surface area (Å²) in [5.74, 6) is 0.0441. The van der Waals surface area contributed by atoms with Gasteiger partial charge in [-0.2, -0.15) is 13.2 Å². The number of pyridine rings is 1. The molecule has 2 aromatic heterocycles. The van der Waals surface area contributed by atoms with Crippen molar-refractivity contribution >= 4 is 5.82 Å². The number of nitrogens with one attached hydrogen (secondary N) is 1. The van der Waals surface area contributed by atoms with Gasteiger partial charge < -0.3 is 10.4 Å². The van der Waals surface area contributed by atoms with Crippen molar-refractivity contribution in [1.29, 1.82) is 0 Å². The quantitative estimate of drug-likeness (QED) is 0.843. The van der Waals surface area contributed by atoms with E-state index in [2.05, 4.69) is 20.3 Å². The van der Waals surface area contributed by atoms with Crippen LogP contribution >= 0.6 is 0 Å². The van der Waals surface area contributed by atoms with Gasteiger partial charge in [0.15, 0.2) is 11.5 Å². The first-order valence-corrected chi connectivity index (χ1v) is 7.43. The number of halogens is 3. The molecule has 2 rings (SSSR count). The van der Waals surface area contributed by atoms with Gasteiger partial charge in [0.2, 0.25) is 0 Å². The van der Waals surface area contributed by atoms with E-state index in [1.807, 2.05) is 13.8 Å². The second-order valence-corrected chi connectivity index (χ2v) is 6.19. The Morgan fingerprint density at radius 2 is 1.96 bits per heavy atom.